The molecule has 4 heteroatoms. The smallest absolute Gasteiger partial charge is 0.231 e. The zero-order valence-electron chi connectivity index (χ0n) is 11.8. The van der Waals surface area contributed by atoms with Gasteiger partial charge < -0.3 is 14.8 Å². The summed E-state index contributed by atoms with van der Waals surface area (Å²) in [5, 5.41) is 3.45. The molecule has 1 aliphatic carbocycles. The number of hydrogen-bond donors (Lipinski definition) is 1. The van der Waals surface area contributed by atoms with E-state index in [-0.39, 0.29) is 0 Å². The van der Waals surface area contributed by atoms with Crippen LogP contribution in [0.4, 0.5) is 0 Å². The predicted octanol–water partition coefficient (Wildman–Crippen LogP) is 2.16. The van der Waals surface area contributed by atoms with Crippen LogP contribution < -0.4 is 14.8 Å². The van der Waals surface area contributed by atoms with Gasteiger partial charge in [-0.05, 0) is 30.0 Å². The molecule has 4 rings (SSSR count). The number of nitrogens with one attached hydrogen (secondary N) is 1. The van der Waals surface area contributed by atoms with E-state index < -0.39 is 0 Å². The van der Waals surface area contributed by atoms with Gasteiger partial charge in [0.2, 0.25) is 6.79 Å². The Kier molecular flexibility index (Phi) is 3.28. The normalized spacial score (nSPS) is 23.8. The molecule has 0 amide bonds. The Morgan fingerprint density at radius 1 is 1.15 bits per heavy atom. The van der Waals surface area contributed by atoms with Gasteiger partial charge in [-0.25, -0.2) is 0 Å². The van der Waals surface area contributed by atoms with Gasteiger partial charge in [0.1, 0.15) is 0 Å². The molecule has 1 aromatic carbocycles. The van der Waals surface area contributed by atoms with Crippen LogP contribution in [0.15, 0.2) is 18.2 Å². The van der Waals surface area contributed by atoms with E-state index in [1.165, 1.54) is 24.8 Å². The summed E-state index contributed by atoms with van der Waals surface area (Å²) in [5.74, 6) is 2.73. The van der Waals surface area contributed by atoms with Gasteiger partial charge in [0.05, 0.1) is 0 Å². The molecule has 1 aromatic rings. The van der Waals surface area contributed by atoms with Crippen molar-refractivity contribution in [1.82, 2.24) is 10.2 Å². The van der Waals surface area contributed by atoms with Gasteiger partial charge in [-0.2, -0.15) is 0 Å². The summed E-state index contributed by atoms with van der Waals surface area (Å²) >= 11 is 0. The highest BCUT2D eigenvalue weighted by Gasteiger charge is 2.31. The van der Waals surface area contributed by atoms with Crippen LogP contribution in [-0.4, -0.2) is 37.9 Å². The van der Waals surface area contributed by atoms with Crippen molar-refractivity contribution >= 4 is 0 Å². The topological polar surface area (TPSA) is 33.7 Å². The monoisotopic (exact) mass is 274 g/mol. The number of benzene rings is 1. The Balaban J connectivity index is 1.59. The van der Waals surface area contributed by atoms with Crippen LogP contribution in [0.2, 0.25) is 0 Å². The lowest BCUT2D eigenvalue weighted by molar-refractivity contribution is 0.160. The molecule has 3 aliphatic rings. The number of fused-ring (bicyclic) bond motifs is 1. The lowest BCUT2D eigenvalue weighted by Gasteiger charge is -2.35. The summed E-state index contributed by atoms with van der Waals surface area (Å²) in [4.78, 5) is 2.63. The van der Waals surface area contributed by atoms with Gasteiger partial charge in [-0.15, -0.1) is 0 Å². The maximum Gasteiger partial charge on any atom is 0.231 e. The molecular weight excluding hydrogens is 252 g/mol. The average Bonchev–Trinajstić information content (AvgIpc) is 3.20. The zero-order valence-corrected chi connectivity index (χ0v) is 11.8. The van der Waals surface area contributed by atoms with E-state index >= 15 is 0 Å². The van der Waals surface area contributed by atoms with Crippen molar-refractivity contribution in [2.75, 3.05) is 33.0 Å². The van der Waals surface area contributed by atoms with Gasteiger partial charge in [0.15, 0.2) is 11.5 Å². The predicted molar refractivity (Wildman–Crippen MR) is 77.1 cm³/mol. The first kappa shape index (κ1) is 12.5. The van der Waals surface area contributed by atoms with Crippen molar-refractivity contribution < 1.29 is 9.47 Å². The molecule has 108 valence electrons. The quantitative estimate of drug-likeness (QED) is 0.912. The summed E-state index contributed by atoms with van der Waals surface area (Å²) in [6.07, 6.45) is 4.11. The molecule has 0 bridgehead atoms. The van der Waals surface area contributed by atoms with Crippen molar-refractivity contribution in [1.29, 1.82) is 0 Å². The highest BCUT2D eigenvalue weighted by Crippen LogP contribution is 2.42. The summed E-state index contributed by atoms with van der Waals surface area (Å²) in [7, 11) is 0. The zero-order chi connectivity index (χ0) is 13.4. The Morgan fingerprint density at radius 2 is 1.95 bits per heavy atom. The molecule has 20 heavy (non-hydrogen) atoms. The van der Waals surface area contributed by atoms with E-state index in [0.717, 1.165) is 43.6 Å². The van der Waals surface area contributed by atoms with Gasteiger partial charge in [0.25, 0.3) is 0 Å². The van der Waals surface area contributed by atoms with E-state index in [0.29, 0.717) is 12.8 Å². The molecule has 1 saturated heterocycles. The second-order valence-corrected chi connectivity index (χ2v) is 6.09. The van der Waals surface area contributed by atoms with Crippen LogP contribution >= 0.6 is 0 Å². The molecule has 1 atom stereocenters. The summed E-state index contributed by atoms with van der Waals surface area (Å²) in [6, 6.07) is 7.03. The number of ether oxygens (including phenoxy) is 2. The summed E-state index contributed by atoms with van der Waals surface area (Å²) in [6.45, 7) is 4.86. The first-order chi connectivity index (χ1) is 9.90. The fourth-order valence-electron chi connectivity index (χ4n) is 3.28. The van der Waals surface area contributed by atoms with Gasteiger partial charge >= 0.3 is 0 Å². The van der Waals surface area contributed by atoms with E-state index in [2.05, 4.69) is 28.4 Å². The second-order valence-electron chi connectivity index (χ2n) is 6.09. The lowest BCUT2D eigenvalue weighted by atomic mass is 9.98. The SMILES string of the molecule is c1cc2c(cc1[C@@H](CC1CC1)N1CCNCC1)OCO2. The highest BCUT2D eigenvalue weighted by atomic mass is 16.7. The molecular formula is C16H22N2O2. The van der Waals surface area contributed by atoms with E-state index in [4.69, 9.17) is 9.47 Å². The molecule has 0 radical (unpaired) electrons. The molecule has 0 spiro atoms. The first-order valence-electron chi connectivity index (χ1n) is 7.74. The van der Waals surface area contributed by atoms with Crippen molar-refractivity contribution in [3.63, 3.8) is 0 Å². The molecule has 1 saturated carbocycles. The third-order valence-corrected chi connectivity index (χ3v) is 4.63. The van der Waals surface area contributed by atoms with Crippen molar-refractivity contribution in [3.05, 3.63) is 23.8 Å². The lowest BCUT2D eigenvalue weighted by Crippen LogP contribution is -2.45. The Bertz CT molecular complexity index is 481. The highest BCUT2D eigenvalue weighted by molar-refractivity contribution is 5.45. The van der Waals surface area contributed by atoms with Gasteiger partial charge in [0, 0.05) is 32.2 Å². The van der Waals surface area contributed by atoms with Crippen LogP contribution in [-0.2, 0) is 0 Å². The fraction of sp³-hybridized carbons (Fsp3) is 0.625. The third-order valence-electron chi connectivity index (χ3n) is 4.63. The summed E-state index contributed by atoms with van der Waals surface area (Å²) in [5.41, 5.74) is 1.39. The van der Waals surface area contributed by atoms with Crippen molar-refractivity contribution in [2.45, 2.75) is 25.3 Å². The molecule has 0 unspecified atom stereocenters. The molecule has 4 nitrogen and oxygen atoms in total. The minimum atomic E-state index is 0.361. The minimum Gasteiger partial charge on any atom is -0.454 e. The van der Waals surface area contributed by atoms with E-state index in [1.54, 1.807) is 0 Å². The second kappa shape index (κ2) is 5.26. The van der Waals surface area contributed by atoms with E-state index in [1.807, 2.05) is 0 Å². The minimum absolute atomic E-state index is 0.361. The Hall–Kier alpha value is -1.26. The molecule has 1 N–H and O–H groups in total. The fourth-order valence-corrected chi connectivity index (χ4v) is 3.28. The van der Waals surface area contributed by atoms with Crippen molar-refractivity contribution in [2.24, 2.45) is 5.92 Å². The Labute approximate surface area is 120 Å². The number of rotatable bonds is 4. The van der Waals surface area contributed by atoms with Crippen LogP contribution in [0.1, 0.15) is 30.9 Å². The number of piperazine rings is 1. The number of nitrogens with zero attached hydrogens (tertiary/aromatic N) is 1. The largest absolute Gasteiger partial charge is 0.454 e. The van der Waals surface area contributed by atoms with Gasteiger partial charge in [-0.1, -0.05) is 18.9 Å². The molecule has 2 heterocycles. The molecule has 2 aliphatic heterocycles. The summed E-state index contributed by atoms with van der Waals surface area (Å²) < 4.78 is 11.0. The van der Waals surface area contributed by atoms with Crippen LogP contribution in [0.5, 0.6) is 11.5 Å². The molecule has 0 aromatic heterocycles. The third kappa shape index (κ3) is 2.50. The number of hydrogen-bond acceptors (Lipinski definition) is 4. The Morgan fingerprint density at radius 3 is 2.75 bits per heavy atom. The standard InChI is InChI=1S/C16H22N2O2/c1-2-12(1)9-14(18-7-5-17-6-8-18)13-3-4-15-16(10-13)20-11-19-15/h3-4,10,12,14,17H,1-2,5-9,11H2/t14-/m1/s1. The molecule has 2 fully saturated rings. The van der Waals surface area contributed by atoms with Crippen LogP contribution in [0, 0.1) is 5.92 Å². The van der Waals surface area contributed by atoms with Crippen LogP contribution in [0.25, 0.3) is 0 Å². The average molecular weight is 274 g/mol. The maximum atomic E-state index is 5.54. The maximum absolute atomic E-state index is 5.54. The van der Waals surface area contributed by atoms with Crippen molar-refractivity contribution in [3.8, 4) is 11.5 Å². The first-order valence-corrected chi connectivity index (χ1v) is 7.74. The van der Waals surface area contributed by atoms with E-state index in [9.17, 15) is 0 Å². The van der Waals surface area contributed by atoms with Gasteiger partial charge in [-0.3, -0.25) is 4.90 Å². The van der Waals surface area contributed by atoms with Crippen LogP contribution in [0.3, 0.4) is 0 Å².